The van der Waals surface area contributed by atoms with Crippen LogP contribution in [0.25, 0.3) is 0 Å². The molecule has 3 rings (SSSR count). The van der Waals surface area contributed by atoms with Crippen LogP contribution in [0.3, 0.4) is 0 Å². The molecule has 8 heteroatoms. The number of rotatable bonds is 6. The molecule has 1 heterocycles. The number of nitrogens with zero attached hydrogens (tertiary/aromatic N) is 1. The third-order valence-electron chi connectivity index (χ3n) is 5.39. The van der Waals surface area contributed by atoms with Gasteiger partial charge in [0.05, 0.1) is 6.34 Å². The van der Waals surface area contributed by atoms with Gasteiger partial charge in [-0.05, 0) is 43.0 Å². The highest BCUT2D eigenvalue weighted by Gasteiger charge is 2.40. The van der Waals surface area contributed by atoms with Gasteiger partial charge >= 0.3 is 0 Å². The van der Waals surface area contributed by atoms with Gasteiger partial charge in [0.2, 0.25) is 5.91 Å². The lowest BCUT2D eigenvalue weighted by Gasteiger charge is -2.44. The van der Waals surface area contributed by atoms with Crippen molar-refractivity contribution in [3.63, 3.8) is 0 Å². The number of hydrazine groups is 1. The second-order valence-corrected chi connectivity index (χ2v) is 8.35. The fourth-order valence-corrected chi connectivity index (χ4v) is 4.03. The van der Waals surface area contributed by atoms with E-state index in [2.05, 4.69) is 56.1 Å². The molecule has 0 radical (unpaired) electrons. The zero-order chi connectivity index (χ0) is 19.4. The monoisotopic (exact) mass is 434 g/mol. The zero-order valence-electron chi connectivity index (χ0n) is 15.7. The molecule has 0 saturated carbocycles. The van der Waals surface area contributed by atoms with E-state index in [-0.39, 0.29) is 23.5 Å². The van der Waals surface area contributed by atoms with Crippen LogP contribution >= 0.6 is 15.9 Å². The molecule has 3 atom stereocenters. The van der Waals surface area contributed by atoms with Crippen molar-refractivity contribution in [2.45, 2.75) is 44.8 Å². The van der Waals surface area contributed by atoms with Gasteiger partial charge in [-0.15, -0.1) is 0 Å². The molecule has 0 aromatic heterocycles. The molecule has 1 amide bonds. The van der Waals surface area contributed by atoms with Crippen molar-refractivity contribution in [3.8, 4) is 0 Å². The maximum Gasteiger partial charge on any atom is 0.221 e. The van der Waals surface area contributed by atoms with E-state index in [1.165, 1.54) is 5.57 Å². The summed E-state index contributed by atoms with van der Waals surface area (Å²) in [5, 5.41) is 10.0. The largest absolute Gasteiger partial charge is 0.360 e. The summed E-state index contributed by atoms with van der Waals surface area (Å²) in [4.78, 5) is 16.8. The Morgan fingerprint density at radius 2 is 2.30 bits per heavy atom. The first-order chi connectivity index (χ1) is 12.9. The number of carbonyl (C=O) groups excluding carboxylic acids is 1. The van der Waals surface area contributed by atoms with Gasteiger partial charge in [-0.25, -0.2) is 4.99 Å². The molecule has 0 saturated heterocycles. The molecule has 1 aromatic carbocycles. The van der Waals surface area contributed by atoms with Crippen molar-refractivity contribution in [3.05, 3.63) is 40.0 Å². The molecule has 0 bridgehead atoms. The van der Waals surface area contributed by atoms with Crippen LogP contribution in [0.5, 0.6) is 0 Å². The Kier molecular flexibility index (Phi) is 6.18. The van der Waals surface area contributed by atoms with E-state index in [1.54, 1.807) is 6.34 Å². The van der Waals surface area contributed by atoms with Crippen LogP contribution in [0.2, 0.25) is 0 Å². The average molecular weight is 435 g/mol. The SMILES string of the molecule is CC1CC2=C(CC1(C)NC(=O)CCNN)NC=NC2Nc1cccc(Br)c1. The Labute approximate surface area is 168 Å². The minimum Gasteiger partial charge on any atom is -0.360 e. The Morgan fingerprint density at radius 1 is 1.48 bits per heavy atom. The van der Waals surface area contributed by atoms with Gasteiger partial charge in [-0.1, -0.05) is 28.9 Å². The summed E-state index contributed by atoms with van der Waals surface area (Å²) in [6.45, 7) is 4.76. The summed E-state index contributed by atoms with van der Waals surface area (Å²) >= 11 is 3.51. The minimum absolute atomic E-state index is 0.0136. The van der Waals surface area contributed by atoms with Crippen LogP contribution in [-0.4, -0.2) is 30.5 Å². The third-order valence-corrected chi connectivity index (χ3v) is 5.88. The van der Waals surface area contributed by atoms with Gasteiger partial charge in [0.25, 0.3) is 0 Å². The standard InChI is InChI=1S/C19H27BrN6O/c1-12-8-15-16(10-19(12,2)26-17(27)6-7-24-21)22-11-23-18(15)25-14-5-3-4-13(20)9-14/h3-5,9,11-12,18,24-25H,6-8,10,21H2,1-2H3,(H,22,23)(H,26,27). The lowest BCUT2D eigenvalue weighted by Crippen LogP contribution is -2.55. The number of halogens is 1. The number of hydrogen-bond acceptors (Lipinski definition) is 6. The number of carbonyl (C=O) groups is 1. The maximum absolute atomic E-state index is 12.2. The normalized spacial score (nSPS) is 27.0. The van der Waals surface area contributed by atoms with Crippen molar-refractivity contribution < 1.29 is 4.79 Å². The van der Waals surface area contributed by atoms with Gasteiger partial charge in [-0.3, -0.25) is 16.1 Å². The Bertz CT molecular complexity index is 764. The number of nitrogens with two attached hydrogens (primary N) is 1. The summed E-state index contributed by atoms with van der Waals surface area (Å²) < 4.78 is 1.03. The van der Waals surface area contributed by atoms with Crippen molar-refractivity contribution in [1.29, 1.82) is 0 Å². The first kappa shape index (κ1) is 19.9. The van der Waals surface area contributed by atoms with Gasteiger partial charge in [0, 0.05) is 40.8 Å². The van der Waals surface area contributed by atoms with E-state index in [1.807, 2.05) is 24.3 Å². The smallest absolute Gasteiger partial charge is 0.221 e. The highest BCUT2D eigenvalue weighted by Crippen LogP contribution is 2.39. The number of aliphatic imine (C=N–C) groups is 1. The first-order valence-electron chi connectivity index (χ1n) is 9.18. The molecule has 3 unspecified atom stereocenters. The summed E-state index contributed by atoms with van der Waals surface area (Å²) in [7, 11) is 0. The highest BCUT2D eigenvalue weighted by atomic mass is 79.9. The van der Waals surface area contributed by atoms with E-state index in [0.717, 1.165) is 28.7 Å². The second-order valence-electron chi connectivity index (χ2n) is 7.44. The Hall–Kier alpha value is -1.90. The molecular formula is C19H27BrN6O. The van der Waals surface area contributed by atoms with Crippen molar-refractivity contribution in [1.82, 2.24) is 16.1 Å². The fourth-order valence-electron chi connectivity index (χ4n) is 3.63. The lowest BCUT2D eigenvalue weighted by atomic mass is 9.73. The van der Waals surface area contributed by atoms with Gasteiger partial charge in [-0.2, -0.15) is 0 Å². The molecule has 1 aliphatic heterocycles. The predicted molar refractivity (Wildman–Crippen MR) is 112 cm³/mol. The minimum atomic E-state index is -0.303. The Balaban J connectivity index is 1.74. The molecule has 7 nitrogen and oxygen atoms in total. The number of anilines is 1. The highest BCUT2D eigenvalue weighted by molar-refractivity contribution is 9.10. The lowest BCUT2D eigenvalue weighted by molar-refractivity contribution is -0.123. The number of amides is 1. The van der Waals surface area contributed by atoms with E-state index in [4.69, 9.17) is 5.84 Å². The van der Waals surface area contributed by atoms with E-state index < -0.39 is 0 Å². The van der Waals surface area contributed by atoms with Crippen LogP contribution in [0.1, 0.15) is 33.1 Å². The third kappa shape index (κ3) is 4.69. The summed E-state index contributed by atoms with van der Waals surface area (Å²) in [6, 6.07) is 8.07. The van der Waals surface area contributed by atoms with E-state index in [9.17, 15) is 4.79 Å². The summed E-state index contributed by atoms with van der Waals surface area (Å²) in [5.74, 6) is 5.57. The van der Waals surface area contributed by atoms with Crippen LogP contribution in [0.4, 0.5) is 5.69 Å². The topological polar surface area (TPSA) is 104 Å². The summed E-state index contributed by atoms with van der Waals surface area (Å²) in [5.41, 5.74) is 5.63. The first-order valence-corrected chi connectivity index (χ1v) is 9.97. The molecule has 2 aliphatic rings. The quantitative estimate of drug-likeness (QED) is 0.348. The number of nitrogens with one attached hydrogen (secondary N) is 4. The van der Waals surface area contributed by atoms with Crippen LogP contribution in [-0.2, 0) is 4.79 Å². The molecule has 146 valence electrons. The molecule has 1 aliphatic carbocycles. The van der Waals surface area contributed by atoms with Crippen LogP contribution < -0.4 is 27.2 Å². The van der Waals surface area contributed by atoms with E-state index >= 15 is 0 Å². The second kappa shape index (κ2) is 8.41. The van der Waals surface area contributed by atoms with Crippen molar-refractivity contribution >= 4 is 33.9 Å². The van der Waals surface area contributed by atoms with Gasteiger partial charge in [0.1, 0.15) is 6.17 Å². The van der Waals surface area contributed by atoms with E-state index in [0.29, 0.717) is 13.0 Å². The maximum atomic E-state index is 12.2. The van der Waals surface area contributed by atoms with Crippen LogP contribution in [0.15, 0.2) is 45.0 Å². The predicted octanol–water partition coefficient (Wildman–Crippen LogP) is 2.23. The Morgan fingerprint density at radius 3 is 3.04 bits per heavy atom. The number of benzene rings is 1. The van der Waals surface area contributed by atoms with Crippen LogP contribution in [0, 0.1) is 5.92 Å². The fraction of sp³-hybridized carbons (Fsp3) is 0.474. The molecular weight excluding hydrogens is 408 g/mol. The van der Waals surface area contributed by atoms with Gasteiger partial charge in [0.15, 0.2) is 0 Å². The average Bonchev–Trinajstić information content (AvgIpc) is 2.61. The molecule has 0 fully saturated rings. The molecule has 6 N–H and O–H groups in total. The summed E-state index contributed by atoms with van der Waals surface area (Å²) in [6.07, 6.45) is 3.61. The molecule has 27 heavy (non-hydrogen) atoms. The van der Waals surface area contributed by atoms with Crippen molar-refractivity contribution in [2.24, 2.45) is 16.8 Å². The van der Waals surface area contributed by atoms with Gasteiger partial charge < -0.3 is 16.0 Å². The number of hydrogen-bond donors (Lipinski definition) is 5. The molecule has 1 aromatic rings. The molecule has 0 spiro atoms. The van der Waals surface area contributed by atoms with Crippen molar-refractivity contribution in [2.75, 3.05) is 11.9 Å². The zero-order valence-corrected chi connectivity index (χ0v) is 17.3.